The van der Waals surface area contributed by atoms with Gasteiger partial charge in [0.15, 0.2) is 5.11 Å². The fraction of sp³-hybridized carbons (Fsp3) is 0.235. The molecule has 0 aromatic heterocycles. The monoisotopic (exact) mass is 362 g/mol. The Bertz CT molecular complexity index is 610. The number of anilines is 1. The molecule has 0 spiro atoms. The Labute approximate surface area is 140 Å². The standard InChI is InChI=1S/C17H19BrN2S/c1-3-16(13-9-7-12(2)8-10-13)20-17(21)19-15-6-4-5-14(18)11-15/h4-11,16H,3H2,1-2H3,(H2,19,20,21)/t16-/m1/s1. The Morgan fingerprint density at radius 2 is 1.90 bits per heavy atom. The second-order valence-corrected chi connectivity index (χ2v) is 6.30. The van der Waals surface area contributed by atoms with Crippen molar-refractivity contribution in [3.8, 4) is 0 Å². The Morgan fingerprint density at radius 1 is 1.19 bits per heavy atom. The summed E-state index contributed by atoms with van der Waals surface area (Å²) in [6, 6.07) is 16.7. The molecule has 2 aromatic carbocycles. The lowest BCUT2D eigenvalue weighted by Gasteiger charge is -2.20. The molecular formula is C17H19BrN2S. The van der Waals surface area contributed by atoms with Gasteiger partial charge in [0.25, 0.3) is 0 Å². The minimum atomic E-state index is 0.220. The summed E-state index contributed by atoms with van der Waals surface area (Å²) in [7, 11) is 0. The molecule has 0 saturated carbocycles. The highest BCUT2D eigenvalue weighted by Gasteiger charge is 2.10. The van der Waals surface area contributed by atoms with Crippen molar-refractivity contribution in [1.29, 1.82) is 0 Å². The van der Waals surface area contributed by atoms with Crippen molar-refractivity contribution < 1.29 is 0 Å². The molecule has 21 heavy (non-hydrogen) atoms. The molecule has 2 N–H and O–H groups in total. The van der Waals surface area contributed by atoms with Crippen molar-refractivity contribution in [2.24, 2.45) is 0 Å². The van der Waals surface area contributed by atoms with E-state index in [1.165, 1.54) is 11.1 Å². The van der Waals surface area contributed by atoms with Crippen LogP contribution in [0.3, 0.4) is 0 Å². The molecule has 0 heterocycles. The molecule has 4 heteroatoms. The van der Waals surface area contributed by atoms with Gasteiger partial charge in [0, 0.05) is 10.2 Å². The van der Waals surface area contributed by atoms with Crippen molar-refractivity contribution >= 4 is 38.9 Å². The van der Waals surface area contributed by atoms with Gasteiger partial charge >= 0.3 is 0 Å². The summed E-state index contributed by atoms with van der Waals surface area (Å²) in [5, 5.41) is 7.23. The minimum absolute atomic E-state index is 0.220. The van der Waals surface area contributed by atoms with Crippen LogP contribution in [0.1, 0.15) is 30.5 Å². The predicted octanol–water partition coefficient (Wildman–Crippen LogP) is 5.20. The lowest BCUT2D eigenvalue weighted by Crippen LogP contribution is -2.32. The highest BCUT2D eigenvalue weighted by molar-refractivity contribution is 9.10. The van der Waals surface area contributed by atoms with Gasteiger partial charge in [0.1, 0.15) is 0 Å². The molecule has 0 aliphatic heterocycles. The van der Waals surface area contributed by atoms with Crippen LogP contribution in [0.2, 0.25) is 0 Å². The second kappa shape index (κ2) is 7.57. The lowest BCUT2D eigenvalue weighted by molar-refractivity contribution is 0.629. The first kappa shape index (κ1) is 16.0. The maximum absolute atomic E-state index is 5.41. The average Bonchev–Trinajstić information content (AvgIpc) is 2.46. The van der Waals surface area contributed by atoms with E-state index in [0.717, 1.165) is 16.6 Å². The first-order chi connectivity index (χ1) is 10.1. The van der Waals surface area contributed by atoms with Crippen LogP contribution in [0.4, 0.5) is 5.69 Å². The van der Waals surface area contributed by atoms with E-state index in [-0.39, 0.29) is 6.04 Å². The molecule has 0 aliphatic rings. The Morgan fingerprint density at radius 3 is 2.52 bits per heavy atom. The Hall–Kier alpha value is -1.39. The summed E-state index contributed by atoms with van der Waals surface area (Å²) in [4.78, 5) is 0. The van der Waals surface area contributed by atoms with Crippen molar-refractivity contribution in [2.75, 3.05) is 5.32 Å². The van der Waals surface area contributed by atoms with Crippen LogP contribution < -0.4 is 10.6 Å². The number of nitrogens with one attached hydrogen (secondary N) is 2. The van der Waals surface area contributed by atoms with Crippen molar-refractivity contribution in [2.45, 2.75) is 26.3 Å². The van der Waals surface area contributed by atoms with E-state index < -0.39 is 0 Å². The first-order valence-electron chi connectivity index (χ1n) is 6.98. The van der Waals surface area contributed by atoms with E-state index in [1.54, 1.807) is 0 Å². The van der Waals surface area contributed by atoms with Crippen LogP contribution in [0.5, 0.6) is 0 Å². The Balaban J connectivity index is 2.01. The third-order valence-corrected chi connectivity index (χ3v) is 3.99. The molecule has 2 aromatic rings. The molecule has 0 fully saturated rings. The predicted molar refractivity (Wildman–Crippen MR) is 97.7 cm³/mol. The number of aryl methyl sites for hydroxylation is 1. The van der Waals surface area contributed by atoms with Gasteiger partial charge in [-0.2, -0.15) is 0 Å². The van der Waals surface area contributed by atoms with Gasteiger partial charge < -0.3 is 10.6 Å². The van der Waals surface area contributed by atoms with Gasteiger partial charge in [-0.1, -0.05) is 58.7 Å². The number of thiocarbonyl (C=S) groups is 1. The largest absolute Gasteiger partial charge is 0.356 e. The summed E-state index contributed by atoms with van der Waals surface area (Å²) >= 11 is 8.87. The zero-order valence-electron chi connectivity index (χ0n) is 12.2. The second-order valence-electron chi connectivity index (χ2n) is 4.98. The third-order valence-electron chi connectivity index (χ3n) is 3.28. The maximum atomic E-state index is 5.41. The molecule has 0 bridgehead atoms. The molecule has 2 rings (SSSR count). The highest BCUT2D eigenvalue weighted by atomic mass is 79.9. The number of halogens is 1. The van der Waals surface area contributed by atoms with Crippen LogP contribution in [-0.4, -0.2) is 5.11 Å². The summed E-state index contributed by atoms with van der Waals surface area (Å²) in [5.41, 5.74) is 3.49. The van der Waals surface area contributed by atoms with Crippen LogP contribution in [0.15, 0.2) is 53.0 Å². The fourth-order valence-corrected chi connectivity index (χ4v) is 2.77. The zero-order valence-corrected chi connectivity index (χ0v) is 14.6. The summed E-state index contributed by atoms with van der Waals surface area (Å²) in [5.74, 6) is 0. The number of rotatable bonds is 4. The lowest BCUT2D eigenvalue weighted by atomic mass is 10.0. The molecule has 110 valence electrons. The van der Waals surface area contributed by atoms with Crippen LogP contribution in [0, 0.1) is 6.92 Å². The normalized spacial score (nSPS) is 11.8. The summed E-state index contributed by atoms with van der Waals surface area (Å²) in [6.45, 7) is 4.25. The molecule has 0 unspecified atom stereocenters. The van der Waals surface area contributed by atoms with Crippen LogP contribution in [-0.2, 0) is 0 Å². The average molecular weight is 363 g/mol. The fourth-order valence-electron chi connectivity index (χ4n) is 2.11. The van der Waals surface area contributed by atoms with Crippen LogP contribution >= 0.6 is 28.1 Å². The molecule has 0 aliphatic carbocycles. The molecule has 2 nitrogen and oxygen atoms in total. The smallest absolute Gasteiger partial charge is 0.171 e. The quantitative estimate of drug-likeness (QED) is 0.731. The molecular weight excluding hydrogens is 344 g/mol. The Kier molecular flexibility index (Phi) is 5.76. The molecule has 1 atom stereocenters. The van der Waals surface area contributed by atoms with Crippen molar-refractivity contribution in [3.63, 3.8) is 0 Å². The van der Waals surface area contributed by atoms with E-state index in [0.29, 0.717) is 5.11 Å². The number of hydrogen-bond acceptors (Lipinski definition) is 1. The summed E-state index contributed by atoms with van der Waals surface area (Å²) in [6.07, 6.45) is 0.976. The van der Waals surface area contributed by atoms with E-state index >= 15 is 0 Å². The first-order valence-corrected chi connectivity index (χ1v) is 8.18. The zero-order chi connectivity index (χ0) is 15.2. The van der Waals surface area contributed by atoms with Gasteiger partial charge in [-0.3, -0.25) is 0 Å². The molecule has 0 saturated heterocycles. The van der Waals surface area contributed by atoms with Gasteiger partial charge in [0.05, 0.1) is 6.04 Å². The minimum Gasteiger partial charge on any atom is -0.356 e. The van der Waals surface area contributed by atoms with E-state index in [2.05, 4.69) is 64.7 Å². The van der Waals surface area contributed by atoms with E-state index in [4.69, 9.17) is 12.2 Å². The summed E-state index contributed by atoms with van der Waals surface area (Å²) < 4.78 is 1.03. The molecule has 0 radical (unpaired) electrons. The highest BCUT2D eigenvalue weighted by Crippen LogP contribution is 2.19. The van der Waals surface area contributed by atoms with E-state index in [1.807, 2.05) is 24.3 Å². The van der Waals surface area contributed by atoms with Gasteiger partial charge in [-0.15, -0.1) is 0 Å². The van der Waals surface area contributed by atoms with Crippen molar-refractivity contribution in [1.82, 2.24) is 5.32 Å². The van der Waals surface area contributed by atoms with Gasteiger partial charge in [-0.25, -0.2) is 0 Å². The molecule has 0 amide bonds. The van der Waals surface area contributed by atoms with Crippen LogP contribution in [0.25, 0.3) is 0 Å². The van der Waals surface area contributed by atoms with Gasteiger partial charge in [-0.05, 0) is 49.3 Å². The number of hydrogen-bond donors (Lipinski definition) is 2. The van der Waals surface area contributed by atoms with E-state index in [9.17, 15) is 0 Å². The third kappa shape index (κ3) is 4.83. The van der Waals surface area contributed by atoms with Crippen molar-refractivity contribution in [3.05, 3.63) is 64.1 Å². The SMILES string of the molecule is CC[C@@H](NC(=S)Nc1cccc(Br)c1)c1ccc(C)cc1. The maximum Gasteiger partial charge on any atom is 0.171 e. The number of benzene rings is 2. The van der Waals surface area contributed by atoms with Gasteiger partial charge in [0.2, 0.25) is 0 Å². The topological polar surface area (TPSA) is 24.1 Å².